The SMILES string of the molecule is [Cl-].[Cl-].[Cl-].[Cl-].[Cl-].[Cl-].[Cl-].[Cl-].[Cl-].[Fe+3].[Mo]. The van der Waals surface area contributed by atoms with Gasteiger partial charge < -0.3 is 112 Å². The molecule has 0 aromatic heterocycles. The molecule has 0 heterocycles. The standard InChI is InChI=1S/9ClH.Fe.Mo/h9*1H;;/q;;;;;;;;;+3;/p-9. The summed E-state index contributed by atoms with van der Waals surface area (Å²) in [6, 6.07) is 0. The van der Waals surface area contributed by atoms with E-state index in [-0.39, 0.29) is 150 Å². The summed E-state index contributed by atoms with van der Waals surface area (Å²) < 4.78 is 0. The van der Waals surface area contributed by atoms with E-state index in [1.54, 1.807) is 0 Å². The quantitative estimate of drug-likeness (QED) is 0.309. The third-order valence-corrected chi connectivity index (χ3v) is 0. The van der Waals surface area contributed by atoms with Gasteiger partial charge >= 0.3 is 17.1 Å². The summed E-state index contributed by atoms with van der Waals surface area (Å²) in [5, 5.41) is 0. The third kappa shape index (κ3) is 132. The molecule has 0 fully saturated rings. The molecule has 0 atom stereocenters. The van der Waals surface area contributed by atoms with Crippen LogP contribution in [-0.2, 0) is 38.1 Å². The van der Waals surface area contributed by atoms with Crippen LogP contribution in [0, 0.1) is 0 Å². The van der Waals surface area contributed by atoms with Crippen LogP contribution >= 0.6 is 0 Å². The van der Waals surface area contributed by atoms with Gasteiger partial charge in [0.1, 0.15) is 0 Å². The molecule has 0 aliphatic carbocycles. The Morgan fingerprint density at radius 3 is 0.273 bits per heavy atom. The molecule has 0 unspecified atom stereocenters. The minimum atomic E-state index is 0. The monoisotopic (exact) mass is 469 g/mol. The molecule has 0 rings (SSSR count). The maximum absolute atomic E-state index is 0. The molecular weight excluding hydrogens is 471 g/mol. The topological polar surface area (TPSA) is 0 Å². The van der Waals surface area contributed by atoms with Crippen LogP contribution in [0.25, 0.3) is 0 Å². The van der Waals surface area contributed by atoms with Gasteiger partial charge in [-0.25, -0.2) is 0 Å². The molecular formula is Cl9FeMo-6. The maximum atomic E-state index is 0. The molecule has 0 amide bonds. The average molecular weight is 471 g/mol. The van der Waals surface area contributed by atoms with Crippen molar-refractivity contribution >= 4 is 0 Å². The Balaban J connectivity index is 0. The van der Waals surface area contributed by atoms with Crippen LogP contribution in [0.15, 0.2) is 0 Å². The second kappa shape index (κ2) is 156. The Bertz CT molecular complexity index is 9.52. The van der Waals surface area contributed by atoms with Gasteiger partial charge in [0.05, 0.1) is 0 Å². The molecule has 0 nitrogen and oxygen atoms in total. The zero-order chi connectivity index (χ0) is 0. The van der Waals surface area contributed by atoms with Crippen molar-refractivity contribution < 1.29 is 150 Å². The van der Waals surface area contributed by atoms with Crippen molar-refractivity contribution in [3.63, 3.8) is 0 Å². The fourth-order valence-electron chi connectivity index (χ4n) is 0. The van der Waals surface area contributed by atoms with E-state index in [0.29, 0.717) is 0 Å². The first kappa shape index (κ1) is 194. The summed E-state index contributed by atoms with van der Waals surface area (Å²) in [5.74, 6) is 0. The number of hydrogen-bond acceptors (Lipinski definition) is 0. The molecule has 0 bridgehead atoms. The fraction of sp³-hybridized carbons (Fsp3) is 0. The number of hydrogen-bond donors (Lipinski definition) is 0. The second-order valence-corrected chi connectivity index (χ2v) is 0. The van der Waals surface area contributed by atoms with Crippen molar-refractivity contribution in [3.8, 4) is 0 Å². The fourth-order valence-corrected chi connectivity index (χ4v) is 0. The van der Waals surface area contributed by atoms with Gasteiger partial charge in [-0.1, -0.05) is 0 Å². The Labute approximate surface area is 148 Å². The van der Waals surface area contributed by atoms with Gasteiger partial charge in [0.15, 0.2) is 0 Å². The van der Waals surface area contributed by atoms with Crippen LogP contribution in [-0.4, -0.2) is 0 Å². The van der Waals surface area contributed by atoms with E-state index in [4.69, 9.17) is 0 Å². The van der Waals surface area contributed by atoms with Crippen molar-refractivity contribution in [1.82, 2.24) is 0 Å². The van der Waals surface area contributed by atoms with Gasteiger partial charge in [-0.2, -0.15) is 0 Å². The van der Waals surface area contributed by atoms with E-state index in [1.807, 2.05) is 0 Å². The molecule has 11 heteroatoms. The van der Waals surface area contributed by atoms with E-state index in [1.165, 1.54) is 0 Å². The first-order chi connectivity index (χ1) is 0. The van der Waals surface area contributed by atoms with Gasteiger partial charge in [-0.15, -0.1) is 0 Å². The van der Waals surface area contributed by atoms with Crippen molar-refractivity contribution in [2.45, 2.75) is 0 Å². The summed E-state index contributed by atoms with van der Waals surface area (Å²) in [7, 11) is 0. The Kier molecular flexibility index (Phi) is 2750. The van der Waals surface area contributed by atoms with Crippen molar-refractivity contribution in [1.29, 1.82) is 0 Å². The van der Waals surface area contributed by atoms with Crippen LogP contribution < -0.4 is 112 Å². The smallest absolute Gasteiger partial charge is 1.00 e. The van der Waals surface area contributed by atoms with Crippen LogP contribution in [0.2, 0.25) is 0 Å². The van der Waals surface area contributed by atoms with Gasteiger partial charge in [-0.3, -0.25) is 0 Å². The molecule has 0 aromatic rings. The van der Waals surface area contributed by atoms with Gasteiger partial charge in [0.2, 0.25) is 0 Å². The third-order valence-electron chi connectivity index (χ3n) is 0. The van der Waals surface area contributed by atoms with Crippen LogP contribution in [0.1, 0.15) is 0 Å². The zero-order valence-corrected chi connectivity index (χ0v) is 14.1. The summed E-state index contributed by atoms with van der Waals surface area (Å²) in [6.45, 7) is 0. The Morgan fingerprint density at radius 2 is 0.273 bits per heavy atom. The number of rotatable bonds is 0. The molecule has 0 aromatic carbocycles. The second-order valence-electron chi connectivity index (χ2n) is 0. The van der Waals surface area contributed by atoms with E-state index in [0.717, 1.165) is 0 Å². The maximum Gasteiger partial charge on any atom is 3.00 e. The molecule has 1 radical (unpaired) electrons. The van der Waals surface area contributed by atoms with E-state index >= 15 is 0 Å². The van der Waals surface area contributed by atoms with Gasteiger partial charge in [0.25, 0.3) is 0 Å². The van der Waals surface area contributed by atoms with Crippen molar-refractivity contribution in [3.05, 3.63) is 0 Å². The largest absolute Gasteiger partial charge is 3.00 e. The zero-order valence-electron chi connectivity index (χ0n) is 4.16. The van der Waals surface area contributed by atoms with E-state index < -0.39 is 0 Å². The van der Waals surface area contributed by atoms with Crippen LogP contribution in [0.4, 0.5) is 0 Å². The minimum absolute atomic E-state index is 0. The minimum Gasteiger partial charge on any atom is -1.00 e. The predicted molar refractivity (Wildman–Crippen MR) is 0 cm³/mol. The molecule has 0 saturated carbocycles. The summed E-state index contributed by atoms with van der Waals surface area (Å²) >= 11 is 0. The van der Waals surface area contributed by atoms with Crippen molar-refractivity contribution in [2.24, 2.45) is 0 Å². The Hall–Kier alpha value is 3.82. The first-order valence-corrected chi connectivity index (χ1v) is 0. The van der Waals surface area contributed by atoms with Gasteiger partial charge in [-0.05, 0) is 0 Å². The molecule has 0 N–H and O–H groups in total. The van der Waals surface area contributed by atoms with Crippen molar-refractivity contribution in [2.75, 3.05) is 0 Å². The molecule has 0 saturated heterocycles. The summed E-state index contributed by atoms with van der Waals surface area (Å²) in [5.41, 5.74) is 0. The molecule has 0 aliphatic heterocycles. The molecule has 83 valence electrons. The predicted octanol–water partition coefficient (Wildman–Crippen LogP) is -27.0. The first-order valence-electron chi connectivity index (χ1n) is 0. The molecule has 11 heavy (non-hydrogen) atoms. The van der Waals surface area contributed by atoms with Gasteiger partial charge in [0, 0.05) is 21.1 Å². The van der Waals surface area contributed by atoms with Crippen LogP contribution in [0.3, 0.4) is 0 Å². The molecule has 0 spiro atoms. The number of halogens is 9. The molecule has 0 aliphatic rings. The van der Waals surface area contributed by atoms with E-state index in [2.05, 4.69) is 0 Å². The normalized spacial score (nSPS) is 0. The van der Waals surface area contributed by atoms with Crippen LogP contribution in [0.5, 0.6) is 0 Å². The summed E-state index contributed by atoms with van der Waals surface area (Å²) in [6.07, 6.45) is 0. The average Bonchev–Trinajstić information content (AvgIpc) is 0. The summed E-state index contributed by atoms with van der Waals surface area (Å²) in [4.78, 5) is 0. The van der Waals surface area contributed by atoms with E-state index in [9.17, 15) is 0 Å². The Morgan fingerprint density at radius 1 is 0.273 bits per heavy atom.